The van der Waals surface area contributed by atoms with E-state index in [0.717, 1.165) is 68.4 Å². The van der Waals surface area contributed by atoms with Crippen LogP contribution in [0.3, 0.4) is 0 Å². The summed E-state index contributed by atoms with van der Waals surface area (Å²) in [6.45, 7) is 0.795. The highest BCUT2D eigenvalue weighted by atomic mass is 16.1. The summed E-state index contributed by atoms with van der Waals surface area (Å²) >= 11 is 0. The molecule has 2 N–H and O–H groups in total. The first-order valence-electron chi connectivity index (χ1n) is 14.6. The number of nitrogens with zero attached hydrogens (tertiary/aromatic N) is 4. The lowest BCUT2D eigenvalue weighted by atomic mass is 9.89. The van der Waals surface area contributed by atoms with Crippen molar-refractivity contribution in [3.8, 4) is 22.5 Å². The third kappa shape index (κ3) is 7.29. The lowest BCUT2D eigenvalue weighted by Gasteiger charge is -2.20. The average Bonchev–Trinajstić information content (AvgIpc) is 2.99. The highest BCUT2D eigenvalue weighted by Crippen LogP contribution is 2.30. The maximum absolute atomic E-state index is 12.4. The molecule has 4 aromatic rings. The summed E-state index contributed by atoms with van der Waals surface area (Å²) in [4.78, 5) is 12.4. The zero-order chi connectivity index (χ0) is 27.6. The zero-order valence-electron chi connectivity index (χ0n) is 23.1. The summed E-state index contributed by atoms with van der Waals surface area (Å²) in [5.74, 6) is 0.0255. The predicted octanol–water partition coefficient (Wildman–Crippen LogP) is 6.73. The van der Waals surface area contributed by atoms with Crippen molar-refractivity contribution in [3.05, 3.63) is 89.5 Å². The molecule has 0 fully saturated rings. The number of benzene rings is 2. The molecule has 1 amide bonds. The van der Waals surface area contributed by atoms with E-state index in [0.29, 0.717) is 17.6 Å². The number of aromatic nitrogens is 4. The molecule has 5 rings (SSSR count). The minimum Gasteiger partial charge on any atom is -0.325 e. The van der Waals surface area contributed by atoms with Gasteiger partial charge in [0.2, 0.25) is 5.91 Å². The SMILES string of the molecule is N=c1cc2c(nn1CCCCCCCCCCC(=O)Nc1cnnc(-c3ccccc3)c1)-c1ccccc1CC2. The molecule has 0 spiro atoms. The fraction of sp³-hybridized carbons (Fsp3) is 0.364. The third-order valence-electron chi connectivity index (χ3n) is 7.58. The summed E-state index contributed by atoms with van der Waals surface area (Å²) in [6.07, 6.45) is 13.0. The highest BCUT2D eigenvalue weighted by Gasteiger charge is 2.18. The van der Waals surface area contributed by atoms with Gasteiger partial charge in [-0.3, -0.25) is 10.2 Å². The van der Waals surface area contributed by atoms with E-state index in [4.69, 9.17) is 10.5 Å². The van der Waals surface area contributed by atoms with Crippen molar-refractivity contribution in [3.63, 3.8) is 0 Å². The van der Waals surface area contributed by atoms with Crippen LogP contribution in [0.4, 0.5) is 5.69 Å². The van der Waals surface area contributed by atoms with Crippen molar-refractivity contribution in [2.75, 3.05) is 5.32 Å². The van der Waals surface area contributed by atoms with E-state index in [1.165, 1.54) is 36.0 Å². The van der Waals surface area contributed by atoms with Crippen LogP contribution < -0.4 is 10.8 Å². The van der Waals surface area contributed by atoms with Gasteiger partial charge in [0.05, 0.1) is 23.3 Å². The number of hydrogen-bond donors (Lipinski definition) is 2. The molecule has 0 saturated heterocycles. The second-order valence-electron chi connectivity index (χ2n) is 10.6. The fourth-order valence-corrected chi connectivity index (χ4v) is 5.39. The van der Waals surface area contributed by atoms with Gasteiger partial charge in [0.1, 0.15) is 5.49 Å². The molecule has 0 radical (unpaired) electrons. The summed E-state index contributed by atoms with van der Waals surface area (Å²) in [5.41, 5.74) is 7.76. The van der Waals surface area contributed by atoms with E-state index >= 15 is 0 Å². The largest absolute Gasteiger partial charge is 0.325 e. The quantitative estimate of drug-likeness (QED) is 0.186. The summed E-state index contributed by atoms with van der Waals surface area (Å²) in [7, 11) is 0. The number of anilines is 1. The van der Waals surface area contributed by atoms with Crippen LogP contribution in [0.1, 0.15) is 68.9 Å². The molecule has 1 aliphatic carbocycles. The number of aryl methyl sites for hydroxylation is 3. The molecule has 2 aromatic heterocycles. The minimum absolute atomic E-state index is 0.0255. The normalized spacial score (nSPS) is 12.0. The van der Waals surface area contributed by atoms with Crippen LogP contribution in [0, 0.1) is 5.41 Å². The standard InChI is InChI=1S/C33H38N6O/c34-31-22-27-20-19-25-14-11-12-17-29(25)33(27)38-39(31)21-13-6-4-2-1-3-5-10-18-32(40)36-28-23-30(37-35-24-28)26-15-8-7-9-16-26/h7-9,11-12,14-17,22-24,34H,1-6,10,13,18-21H2,(H,36,37,40). The predicted molar refractivity (Wildman–Crippen MR) is 159 cm³/mol. The Morgan fingerprint density at radius 3 is 2.35 bits per heavy atom. The van der Waals surface area contributed by atoms with E-state index < -0.39 is 0 Å². The number of amides is 1. The van der Waals surface area contributed by atoms with E-state index in [1.54, 1.807) is 6.20 Å². The minimum atomic E-state index is 0.0255. The number of nitrogens with one attached hydrogen (secondary N) is 2. The Kier molecular flexibility index (Phi) is 9.46. The van der Waals surface area contributed by atoms with Crippen LogP contribution in [0.5, 0.6) is 0 Å². The Hall–Kier alpha value is -4.13. The molecule has 206 valence electrons. The fourth-order valence-electron chi connectivity index (χ4n) is 5.39. The molecular formula is C33H38N6O. The van der Waals surface area contributed by atoms with E-state index in [1.807, 2.05) is 47.1 Å². The number of hydrogen-bond acceptors (Lipinski definition) is 5. The molecule has 2 aromatic carbocycles. The first-order valence-corrected chi connectivity index (χ1v) is 14.6. The van der Waals surface area contributed by atoms with E-state index in [9.17, 15) is 4.79 Å². The van der Waals surface area contributed by atoms with Crippen LogP contribution in [-0.4, -0.2) is 25.9 Å². The molecule has 0 atom stereocenters. The van der Waals surface area contributed by atoms with E-state index in [2.05, 4.69) is 39.8 Å². The van der Waals surface area contributed by atoms with Gasteiger partial charge in [-0.05, 0) is 48.9 Å². The van der Waals surface area contributed by atoms with Gasteiger partial charge in [-0.25, -0.2) is 4.68 Å². The zero-order valence-corrected chi connectivity index (χ0v) is 23.1. The molecule has 40 heavy (non-hydrogen) atoms. The maximum Gasteiger partial charge on any atom is 0.224 e. The van der Waals surface area contributed by atoms with Crippen molar-refractivity contribution < 1.29 is 4.79 Å². The van der Waals surface area contributed by atoms with E-state index in [-0.39, 0.29) is 5.91 Å². The van der Waals surface area contributed by atoms with Gasteiger partial charge >= 0.3 is 0 Å². The van der Waals surface area contributed by atoms with Gasteiger partial charge < -0.3 is 5.32 Å². The van der Waals surface area contributed by atoms with Crippen LogP contribution in [0.25, 0.3) is 22.5 Å². The first kappa shape index (κ1) is 27.4. The summed E-state index contributed by atoms with van der Waals surface area (Å²) in [6, 6.07) is 22.2. The van der Waals surface area contributed by atoms with Crippen LogP contribution >= 0.6 is 0 Å². The number of carbonyl (C=O) groups excluding carboxylic acids is 1. The van der Waals surface area contributed by atoms with Gasteiger partial charge in [-0.1, -0.05) is 93.1 Å². The topological polar surface area (TPSA) is 96.5 Å². The Labute approximate surface area is 236 Å². The van der Waals surface area contributed by atoms with Crippen LogP contribution in [0.2, 0.25) is 0 Å². The Bertz CT molecular complexity index is 1480. The van der Waals surface area contributed by atoms with Crippen molar-refractivity contribution in [2.24, 2.45) is 0 Å². The summed E-state index contributed by atoms with van der Waals surface area (Å²) in [5, 5.41) is 24.4. The van der Waals surface area contributed by atoms with Crippen molar-refractivity contribution in [2.45, 2.75) is 77.2 Å². The molecular weight excluding hydrogens is 496 g/mol. The molecule has 7 heteroatoms. The first-order chi connectivity index (χ1) is 19.7. The molecule has 0 aliphatic heterocycles. The highest BCUT2D eigenvalue weighted by molar-refractivity contribution is 5.91. The molecule has 0 saturated carbocycles. The van der Waals surface area contributed by atoms with Gasteiger partial charge in [-0.2, -0.15) is 15.3 Å². The second kappa shape index (κ2) is 13.8. The molecule has 7 nitrogen and oxygen atoms in total. The Balaban J connectivity index is 0.946. The lowest BCUT2D eigenvalue weighted by molar-refractivity contribution is -0.116. The average molecular weight is 535 g/mol. The van der Waals surface area contributed by atoms with Crippen molar-refractivity contribution in [1.82, 2.24) is 20.0 Å². The Morgan fingerprint density at radius 1 is 0.825 bits per heavy atom. The second-order valence-corrected chi connectivity index (χ2v) is 10.6. The third-order valence-corrected chi connectivity index (χ3v) is 7.58. The summed E-state index contributed by atoms with van der Waals surface area (Å²) < 4.78 is 1.87. The smallest absolute Gasteiger partial charge is 0.224 e. The van der Waals surface area contributed by atoms with Gasteiger partial charge in [0.25, 0.3) is 0 Å². The molecule has 0 bridgehead atoms. The number of fused-ring (bicyclic) bond motifs is 3. The van der Waals surface area contributed by atoms with Gasteiger partial charge in [0, 0.05) is 24.1 Å². The number of carbonyl (C=O) groups is 1. The van der Waals surface area contributed by atoms with Crippen molar-refractivity contribution in [1.29, 1.82) is 5.41 Å². The van der Waals surface area contributed by atoms with Gasteiger partial charge in [-0.15, -0.1) is 0 Å². The molecule has 1 aliphatic rings. The monoisotopic (exact) mass is 534 g/mol. The number of rotatable bonds is 13. The molecule has 2 heterocycles. The maximum atomic E-state index is 12.4. The van der Waals surface area contributed by atoms with Gasteiger partial charge in [0.15, 0.2) is 0 Å². The Morgan fingerprint density at radius 2 is 1.52 bits per heavy atom. The molecule has 0 unspecified atom stereocenters. The lowest BCUT2D eigenvalue weighted by Crippen LogP contribution is -2.25. The van der Waals surface area contributed by atoms with Crippen LogP contribution in [0.15, 0.2) is 72.9 Å². The number of unbranched alkanes of at least 4 members (excludes halogenated alkanes) is 7. The van der Waals surface area contributed by atoms with Crippen LogP contribution in [-0.2, 0) is 24.2 Å². The van der Waals surface area contributed by atoms with Crippen molar-refractivity contribution >= 4 is 11.6 Å².